The van der Waals surface area contributed by atoms with Crippen LogP contribution in [-0.2, 0) is 6.42 Å². The predicted molar refractivity (Wildman–Crippen MR) is 208 cm³/mol. The fraction of sp³-hybridized carbons (Fsp3) is 0.0435. The van der Waals surface area contributed by atoms with Crippen molar-refractivity contribution in [2.45, 2.75) is 12.8 Å². The smallest absolute Gasteiger partial charge is 0.0971 e. The van der Waals surface area contributed by atoms with E-state index in [0.29, 0.717) is 0 Å². The summed E-state index contributed by atoms with van der Waals surface area (Å²) in [7, 11) is 0. The van der Waals surface area contributed by atoms with Gasteiger partial charge in [-0.05, 0) is 103 Å². The highest BCUT2D eigenvalue weighted by Gasteiger charge is 2.20. The van der Waals surface area contributed by atoms with Gasteiger partial charge in [0.1, 0.15) is 0 Å². The Morgan fingerprint density at radius 3 is 1.71 bits per heavy atom. The molecule has 0 saturated heterocycles. The monoisotopic (exact) mass is 642 g/mol. The number of nitrogens with zero attached hydrogens (tertiary/aromatic N) is 2. The summed E-state index contributed by atoms with van der Waals surface area (Å²) in [6.45, 7) is 0. The van der Waals surface area contributed by atoms with Gasteiger partial charge in [-0.1, -0.05) is 121 Å². The van der Waals surface area contributed by atoms with Crippen LogP contribution in [0.25, 0.3) is 81.6 Å². The molecular formula is C46H30N2S. The van der Waals surface area contributed by atoms with Crippen LogP contribution in [-0.4, -0.2) is 9.97 Å². The molecule has 230 valence electrons. The van der Waals surface area contributed by atoms with Crippen molar-refractivity contribution in [1.29, 1.82) is 0 Å². The zero-order valence-corrected chi connectivity index (χ0v) is 27.5. The Kier molecular flexibility index (Phi) is 6.53. The van der Waals surface area contributed by atoms with Gasteiger partial charge < -0.3 is 0 Å². The molecule has 0 N–H and O–H groups in total. The fourth-order valence-corrected chi connectivity index (χ4v) is 8.99. The Hall–Kier alpha value is -5.90. The van der Waals surface area contributed by atoms with Crippen LogP contribution in [0.1, 0.15) is 22.4 Å². The first-order chi connectivity index (χ1) is 24.3. The second-order valence-electron chi connectivity index (χ2n) is 12.9. The number of allylic oxidation sites excluding steroid dienone is 1. The van der Waals surface area contributed by atoms with Gasteiger partial charge in [-0.3, -0.25) is 9.97 Å². The average Bonchev–Trinajstić information content (AvgIpc) is 3.57. The lowest BCUT2D eigenvalue weighted by atomic mass is 9.90. The largest absolute Gasteiger partial charge is 0.252 e. The van der Waals surface area contributed by atoms with E-state index in [0.717, 1.165) is 34.6 Å². The zero-order chi connectivity index (χ0) is 32.3. The van der Waals surface area contributed by atoms with E-state index >= 15 is 0 Å². The normalized spacial score (nSPS) is 12.9. The van der Waals surface area contributed by atoms with Crippen molar-refractivity contribution in [1.82, 2.24) is 9.97 Å². The Bertz CT molecular complexity index is 2730. The molecule has 2 heterocycles. The maximum absolute atomic E-state index is 4.72. The van der Waals surface area contributed by atoms with Crippen LogP contribution in [0.5, 0.6) is 0 Å². The van der Waals surface area contributed by atoms with Gasteiger partial charge in [0.25, 0.3) is 0 Å². The molecule has 2 nitrogen and oxygen atoms in total. The third-order valence-electron chi connectivity index (χ3n) is 10.1. The van der Waals surface area contributed by atoms with E-state index in [9.17, 15) is 0 Å². The van der Waals surface area contributed by atoms with Crippen molar-refractivity contribution in [3.05, 3.63) is 174 Å². The summed E-state index contributed by atoms with van der Waals surface area (Å²) in [4.78, 5) is 10.8. The minimum absolute atomic E-state index is 0.948. The predicted octanol–water partition coefficient (Wildman–Crippen LogP) is 12.5. The van der Waals surface area contributed by atoms with Crippen LogP contribution >= 0.6 is 11.3 Å². The van der Waals surface area contributed by atoms with E-state index in [4.69, 9.17) is 4.98 Å². The van der Waals surface area contributed by atoms with Gasteiger partial charge in [0.05, 0.1) is 11.0 Å². The lowest BCUT2D eigenvalue weighted by molar-refractivity contribution is 0.998. The lowest BCUT2D eigenvalue weighted by Crippen LogP contribution is -1.97. The highest BCUT2D eigenvalue weighted by atomic mass is 32.1. The van der Waals surface area contributed by atoms with Crippen molar-refractivity contribution < 1.29 is 0 Å². The van der Waals surface area contributed by atoms with Crippen molar-refractivity contribution in [3.8, 4) is 33.4 Å². The highest BCUT2D eigenvalue weighted by Crippen LogP contribution is 2.43. The molecule has 1 aliphatic rings. The van der Waals surface area contributed by atoms with Crippen LogP contribution in [0.15, 0.2) is 158 Å². The van der Waals surface area contributed by atoms with Gasteiger partial charge in [-0.2, -0.15) is 0 Å². The van der Waals surface area contributed by atoms with Gasteiger partial charge in [0.15, 0.2) is 0 Å². The second-order valence-corrected chi connectivity index (χ2v) is 13.9. The molecule has 0 saturated carbocycles. The molecule has 0 atom stereocenters. The summed E-state index contributed by atoms with van der Waals surface area (Å²) in [5.74, 6) is 0. The molecule has 10 rings (SSSR count). The molecule has 0 amide bonds. The van der Waals surface area contributed by atoms with Gasteiger partial charge in [-0.15, -0.1) is 11.3 Å². The summed E-state index contributed by atoms with van der Waals surface area (Å²) in [5.41, 5.74) is 13.4. The minimum atomic E-state index is 0.948. The number of hydrogen-bond donors (Lipinski definition) is 0. The maximum atomic E-state index is 4.72. The van der Waals surface area contributed by atoms with Crippen molar-refractivity contribution in [2.24, 2.45) is 0 Å². The van der Waals surface area contributed by atoms with E-state index < -0.39 is 0 Å². The van der Waals surface area contributed by atoms with Crippen LogP contribution in [0.2, 0.25) is 0 Å². The topological polar surface area (TPSA) is 25.8 Å². The number of benzene rings is 7. The van der Waals surface area contributed by atoms with Crippen LogP contribution < -0.4 is 0 Å². The van der Waals surface area contributed by atoms with E-state index in [-0.39, 0.29) is 0 Å². The molecule has 9 aromatic rings. The summed E-state index contributed by atoms with van der Waals surface area (Å²) in [5, 5.41) is 6.09. The molecule has 7 aromatic carbocycles. The first kappa shape index (κ1) is 28.1. The van der Waals surface area contributed by atoms with E-state index in [2.05, 4.69) is 151 Å². The molecule has 0 spiro atoms. The maximum Gasteiger partial charge on any atom is 0.0971 e. The minimum Gasteiger partial charge on any atom is -0.252 e. The number of aromatic nitrogens is 2. The van der Waals surface area contributed by atoms with Gasteiger partial charge in [-0.25, -0.2) is 0 Å². The van der Waals surface area contributed by atoms with Crippen molar-refractivity contribution in [2.75, 3.05) is 0 Å². The standard InChI is InChI=1S/C46H30N2S/c1-2-14-39-37(12-1)42-28-34(22-23-40(42)45-44(39)47-24-25-48-45)30-20-18-29(19-21-30)31-8-5-9-32(26-31)33-10-6-11-35(27-33)36-15-7-16-41-38-13-3-4-17-43(38)49-46(36)41/h1-6,8-15,17-28H,7,16H2. The highest BCUT2D eigenvalue weighted by molar-refractivity contribution is 7.20. The van der Waals surface area contributed by atoms with E-state index in [1.165, 1.54) is 75.8 Å². The fourth-order valence-electron chi connectivity index (χ4n) is 7.68. The quantitative estimate of drug-likeness (QED) is 0.179. The van der Waals surface area contributed by atoms with Gasteiger partial charge in [0, 0.05) is 32.7 Å². The van der Waals surface area contributed by atoms with E-state index in [1.807, 2.05) is 11.3 Å². The summed E-state index contributed by atoms with van der Waals surface area (Å²) in [6.07, 6.45) is 8.20. The summed E-state index contributed by atoms with van der Waals surface area (Å²) >= 11 is 1.93. The van der Waals surface area contributed by atoms with E-state index in [1.54, 1.807) is 12.4 Å². The Morgan fingerprint density at radius 2 is 0.980 bits per heavy atom. The van der Waals surface area contributed by atoms with Crippen LogP contribution in [0.4, 0.5) is 0 Å². The molecule has 1 aliphatic carbocycles. The molecule has 0 bridgehead atoms. The average molecular weight is 643 g/mol. The molecule has 2 aromatic heterocycles. The van der Waals surface area contributed by atoms with Crippen molar-refractivity contribution >= 4 is 59.6 Å². The second kappa shape index (κ2) is 11.4. The number of thiophene rings is 1. The van der Waals surface area contributed by atoms with Crippen LogP contribution in [0, 0.1) is 0 Å². The first-order valence-corrected chi connectivity index (χ1v) is 17.7. The molecule has 49 heavy (non-hydrogen) atoms. The number of rotatable bonds is 4. The Labute approximate surface area is 288 Å². The third-order valence-corrected chi connectivity index (χ3v) is 11.3. The van der Waals surface area contributed by atoms with Gasteiger partial charge >= 0.3 is 0 Å². The summed E-state index contributed by atoms with van der Waals surface area (Å²) < 4.78 is 1.38. The first-order valence-electron chi connectivity index (χ1n) is 16.9. The summed E-state index contributed by atoms with van der Waals surface area (Å²) in [6, 6.07) is 51.1. The third kappa shape index (κ3) is 4.69. The van der Waals surface area contributed by atoms with Gasteiger partial charge in [0.2, 0.25) is 0 Å². The molecule has 0 aliphatic heterocycles. The number of hydrogen-bond acceptors (Lipinski definition) is 3. The lowest BCUT2D eigenvalue weighted by Gasteiger charge is -2.16. The number of fused-ring (bicyclic) bond motifs is 9. The Balaban J connectivity index is 0.979. The molecular weight excluding hydrogens is 613 g/mol. The number of aryl methyl sites for hydroxylation is 1. The molecule has 0 fully saturated rings. The molecule has 3 heteroatoms. The SMILES string of the molecule is C1=C(c2cccc(-c3cccc(-c4ccc(-c5ccc6c(c5)c5ccccc5c5nccnc65)cc4)c3)c2)c2sc3ccccc3c2CC1. The van der Waals surface area contributed by atoms with Crippen molar-refractivity contribution in [3.63, 3.8) is 0 Å². The Morgan fingerprint density at radius 1 is 0.429 bits per heavy atom. The van der Waals surface area contributed by atoms with Crippen LogP contribution in [0.3, 0.4) is 0 Å². The molecule has 0 radical (unpaired) electrons. The zero-order valence-electron chi connectivity index (χ0n) is 26.7. The molecule has 0 unspecified atom stereocenters.